The minimum Gasteiger partial charge on any atom is -0.497 e. The average Bonchev–Trinajstić information content (AvgIpc) is 3.45. The van der Waals surface area contributed by atoms with Gasteiger partial charge in [0.15, 0.2) is 0 Å². The number of benzene rings is 1. The predicted molar refractivity (Wildman–Crippen MR) is 134 cm³/mol. The van der Waals surface area contributed by atoms with Crippen molar-refractivity contribution in [1.29, 1.82) is 0 Å². The molecule has 7 heteroatoms. The molecular weight excluding hydrogens is 432 g/mol. The van der Waals surface area contributed by atoms with Crippen molar-refractivity contribution in [3.8, 4) is 28.3 Å². The van der Waals surface area contributed by atoms with Gasteiger partial charge in [-0.1, -0.05) is 19.3 Å². The van der Waals surface area contributed by atoms with Gasteiger partial charge in [0.05, 0.1) is 36.7 Å². The Labute approximate surface area is 200 Å². The molecule has 1 amide bonds. The van der Waals surface area contributed by atoms with Crippen LogP contribution in [0, 0.1) is 5.92 Å². The number of ether oxygens (including phenoxy) is 1. The van der Waals surface area contributed by atoms with Gasteiger partial charge in [-0.25, -0.2) is 4.98 Å². The van der Waals surface area contributed by atoms with Crippen LogP contribution in [-0.4, -0.2) is 34.3 Å². The first-order chi connectivity index (χ1) is 15.8. The van der Waals surface area contributed by atoms with Crippen molar-refractivity contribution in [2.75, 3.05) is 13.7 Å². The molecule has 0 aliphatic heterocycles. The fourth-order valence-corrected chi connectivity index (χ4v) is 5.23. The third-order valence-corrected chi connectivity index (χ3v) is 7.07. The van der Waals surface area contributed by atoms with Crippen molar-refractivity contribution in [3.05, 3.63) is 40.8 Å². The number of nitrogens with one attached hydrogen (secondary N) is 1. The first-order valence-electron chi connectivity index (χ1n) is 11.8. The number of aromatic nitrogens is 3. The van der Waals surface area contributed by atoms with Crippen LogP contribution in [0.1, 0.15) is 57.9 Å². The third kappa shape index (κ3) is 5.64. The molecule has 0 radical (unpaired) electrons. The van der Waals surface area contributed by atoms with Crippen molar-refractivity contribution >= 4 is 17.2 Å². The number of methoxy groups -OCH3 is 1. The standard InChI is InChI=1S/C26H34N4O2S/c1-26(2,3)30-25(19-10-12-20(32-4)13-11-19)21(16-28-30)22-17-33-24(29-22)14-23(31)27-15-18-8-6-5-7-9-18/h10-13,16-18H,5-9,14-15H2,1-4H3,(H,27,31). The first-order valence-corrected chi connectivity index (χ1v) is 12.7. The highest BCUT2D eigenvalue weighted by Crippen LogP contribution is 2.36. The summed E-state index contributed by atoms with van der Waals surface area (Å²) < 4.78 is 7.37. The van der Waals surface area contributed by atoms with Gasteiger partial charge in [-0.2, -0.15) is 5.10 Å². The largest absolute Gasteiger partial charge is 0.497 e. The molecule has 1 N–H and O–H groups in total. The van der Waals surface area contributed by atoms with Gasteiger partial charge in [-0.05, 0) is 63.8 Å². The molecule has 4 rings (SSSR count). The fraction of sp³-hybridized carbons (Fsp3) is 0.500. The van der Waals surface area contributed by atoms with Gasteiger partial charge in [-0.3, -0.25) is 9.48 Å². The zero-order valence-electron chi connectivity index (χ0n) is 20.1. The lowest BCUT2D eigenvalue weighted by atomic mass is 9.89. The normalized spacial score (nSPS) is 14.9. The van der Waals surface area contributed by atoms with Crippen LogP contribution in [0.2, 0.25) is 0 Å². The summed E-state index contributed by atoms with van der Waals surface area (Å²) in [5, 5.41) is 10.7. The second-order valence-corrected chi connectivity index (χ2v) is 10.8. The van der Waals surface area contributed by atoms with Crippen molar-refractivity contribution in [2.24, 2.45) is 5.92 Å². The predicted octanol–water partition coefficient (Wildman–Crippen LogP) is 5.68. The summed E-state index contributed by atoms with van der Waals surface area (Å²) in [4.78, 5) is 17.3. The second-order valence-electron chi connectivity index (χ2n) is 9.83. The summed E-state index contributed by atoms with van der Waals surface area (Å²) in [5.74, 6) is 1.50. The molecule has 0 spiro atoms. The number of hydrogen-bond donors (Lipinski definition) is 1. The molecule has 3 aromatic rings. The molecule has 0 bridgehead atoms. The van der Waals surface area contributed by atoms with Gasteiger partial charge in [-0.15, -0.1) is 11.3 Å². The first kappa shape index (κ1) is 23.5. The van der Waals surface area contributed by atoms with Gasteiger partial charge < -0.3 is 10.1 Å². The molecule has 1 aromatic carbocycles. The molecule has 6 nitrogen and oxygen atoms in total. The molecule has 1 fully saturated rings. The van der Waals surface area contributed by atoms with E-state index in [0.29, 0.717) is 12.3 Å². The van der Waals surface area contributed by atoms with Crippen LogP contribution in [0.5, 0.6) is 5.75 Å². The highest BCUT2D eigenvalue weighted by molar-refractivity contribution is 7.10. The Morgan fingerprint density at radius 3 is 2.58 bits per heavy atom. The van der Waals surface area contributed by atoms with Crippen LogP contribution in [-0.2, 0) is 16.8 Å². The molecule has 1 aliphatic carbocycles. The average molecular weight is 467 g/mol. The van der Waals surface area contributed by atoms with E-state index in [2.05, 4.69) is 26.1 Å². The molecule has 176 valence electrons. The van der Waals surface area contributed by atoms with Gasteiger partial charge in [0, 0.05) is 23.1 Å². The third-order valence-electron chi connectivity index (χ3n) is 6.22. The second kappa shape index (κ2) is 10.1. The Kier molecular flexibility index (Phi) is 7.17. The maximum absolute atomic E-state index is 12.5. The van der Waals surface area contributed by atoms with E-state index in [4.69, 9.17) is 14.8 Å². The summed E-state index contributed by atoms with van der Waals surface area (Å²) in [7, 11) is 1.67. The minimum atomic E-state index is -0.189. The van der Waals surface area contributed by atoms with Crippen molar-refractivity contribution in [1.82, 2.24) is 20.1 Å². The van der Waals surface area contributed by atoms with Crippen LogP contribution in [0.3, 0.4) is 0 Å². The number of carbonyl (C=O) groups is 1. The minimum absolute atomic E-state index is 0.0576. The smallest absolute Gasteiger partial charge is 0.226 e. The molecule has 1 saturated carbocycles. The van der Waals surface area contributed by atoms with Crippen LogP contribution in [0.25, 0.3) is 22.5 Å². The number of thiazole rings is 1. The zero-order valence-corrected chi connectivity index (χ0v) is 20.9. The summed E-state index contributed by atoms with van der Waals surface area (Å²) >= 11 is 1.53. The SMILES string of the molecule is COc1ccc(-c2c(-c3csc(CC(=O)NCC4CCCCC4)n3)cnn2C(C)(C)C)cc1. The maximum Gasteiger partial charge on any atom is 0.226 e. The molecule has 0 unspecified atom stereocenters. The van der Waals surface area contributed by atoms with E-state index in [-0.39, 0.29) is 11.4 Å². The van der Waals surface area contributed by atoms with Gasteiger partial charge in [0.2, 0.25) is 5.91 Å². The molecule has 2 heterocycles. The van der Waals surface area contributed by atoms with Crippen LogP contribution < -0.4 is 10.1 Å². The van der Waals surface area contributed by atoms with Crippen LogP contribution >= 0.6 is 11.3 Å². The van der Waals surface area contributed by atoms with E-state index >= 15 is 0 Å². The van der Waals surface area contributed by atoms with Crippen molar-refractivity contribution in [2.45, 2.75) is 64.8 Å². The number of hydrogen-bond acceptors (Lipinski definition) is 5. The Hall–Kier alpha value is -2.67. The Bertz CT molecular complexity index is 1070. The molecule has 33 heavy (non-hydrogen) atoms. The van der Waals surface area contributed by atoms with Crippen molar-refractivity contribution < 1.29 is 9.53 Å². The molecule has 2 aromatic heterocycles. The molecule has 0 saturated heterocycles. The van der Waals surface area contributed by atoms with Crippen molar-refractivity contribution in [3.63, 3.8) is 0 Å². The fourth-order valence-electron chi connectivity index (χ4n) is 4.44. The number of nitrogens with zero attached hydrogens (tertiary/aromatic N) is 3. The van der Waals surface area contributed by atoms with E-state index < -0.39 is 0 Å². The molecule has 0 atom stereocenters. The maximum atomic E-state index is 12.5. The van der Waals surface area contributed by atoms with E-state index in [1.165, 1.54) is 43.4 Å². The van der Waals surface area contributed by atoms with E-state index in [1.54, 1.807) is 7.11 Å². The summed E-state index contributed by atoms with van der Waals surface area (Å²) in [5.41, 5.74) is 3.71. The highest BCUT2D eigenvalue weighted by atomic mass is 32.1. The Balaban J connectivity index is 1.53. The van der Waals surface area contributed by atoms with E-state index in [0.717, 1.165) is 39.8 Å². The number of amides is 1. The molecular formula is C26H34N4O2S. The lowest BCUT2D eigenvalue weighted by molar-refractivity contribution is -0.120. The lowest BCUT2D eigenvalue weighted by Gasteiger charge is -2.23. The topological polar surface area (TPSA) is 69.0 Å². The highest BCUT2D eigenvalue weighted by Gasteiger charge is 2.24. The van der Waals surface area contributed by atoms with Gasteiger partial charge in [0.1, 0.15) is 10.8 Å². The Morgan fingerprint density at radius 2 is 1.91 bits per heavy atom. The van der Waals surface area contributed by atoms with E-state index in [9.17, 15) is 4.79 Å². The molecule has 1 aliphatic rings. The lowest BCUT2D eigenvalue weighted by Crippen LogP contribution is -2.31. The Morgan fingerprint density at radius 1 is 1.18 bits per heavy atom. The van der Waals surface area contributed by atoms with Crippen LogP contribution in [0.15, 0.2) is 35.8 Å². The summed E-state index contributed by atoms with van der Waals surface area (Å²) in [6, 6.07) is 8.02. The monoisotopic (exact) mass is 466 g/mol. The quantitative estimate of drug-likeness (QED) is 0.487. The summed E-state index contributed by atoms with van der Waals surface area (Å²) in [6.07, 6.45) is 8.57. The van der Waals surface area contributed by atoms with Gasteiger partial charge in [0.25, 0.3) is 0 Å². The van der Waals surface area contributed by atoms with E-state index in [1.807, 2.05) is 40.5 Å². The number of rotatable bonds is 7. The zero-order chi connectivity index (χ0) is 23.4. The van der Waals surface area contributed by atoms with Gasteiger partial charge >= 0.3 is 0 Å². The number of carbonyl (C=O) groups excluding carboxylic acids is 1. The summed E-state index contributed by atoms with van der Waals surface area (Å²) in [6.45, 7) is 7.21. The van der Waals surface area contributed by atoms with Crippen LogP contribution in [0.4, 0.5) is 0 Å².